The van der Waals surface area contributed by atoms with E-state index in [1.807, 2.05) is 30.3 Å². The van der Waals surface area contributed by atoms with Gasteiger partial charge in [-0.2, -0.15) is 4.72 Å². The zero-order chi connectivity index (χ0) is 19.2. The van der Waals surface area contributed by atoms with E-state index < -0.39 is 16.1 Å². The minimum Gasteiger partial charge on any atom is -0.497 e. The van der Waals surface area contributed by atoms with Crippen molar-refractivity contribution in [3.05, 3.63) is 78.4 Å². The summed E-state index contributed by atoms with van der Waals surface area (Å²) < 4.78 is 32.8. The summed E-state index contributed by atoms with van der Waals surface area (Å²) in [7, 11) is -2.33. The average Bonchev–Trinajstić information content (AvgIpc) is 2.65. The van der Waals surface area contributed by atoms with Gasteiger partial charge >= 0.3 is 0 Å². The summed E-state index contributed by atoms with van der Waals surface area (Å²) in [6.07, 6.45) is 3.36. The number of sulfonamides is 1. The first-order chi connectivity index (χ1) is 12.3. The van der Waals surface area contributed by atoms with Gasteiger partial charge in [0.05, 0.1) is 18.0 Å². The zero-order valence-electron chi connectivity index (χ0n) is 14.7. The van der Waals surface area contributed by atoms with Gasteiger partial charge in [-0.15, -0.1) is 0 Å². The molecule has 0 saturated heterocycles. The Balaban J connectivity index is 2.28. The van der Waals surface area contributed by atoms with Crippen LogP contribution < -0.4 is 9.46 Å². The van der Waals surface area contributed by atoms with Crippen molar-refractivity contribution < 1.29 is 17.9 Å². The van der Waals surface area contributed by atoms with E-state index in [4.69, 9.17) is 4.74 Å². The molecule has 136 valence electrons. The van der Waals surface area contributed by atoms with Crippen molar-refractivity contribution in [2.24, 2.45) is 0 Å². The molecule has 0 bridgehead atoms. The Hall–Kier alpha value is -2.70. The van der Waals surface area contributed by atoms with Crippen LogP contribution in [-0.2, 0) is 14.8 Å². The maximum atomic E-state index is 12.6. The van der Waals surface area contributed by atoms with Gasteiger partial charge < -0.3 is 4.74 Å². The van der Waals surface area contributed by atoms with Crippen LogP contribution in [0.2, 0.25) is 0 Å². The predicted molar refractivity (Wildman–Crippen MR) is 102 cm³/mol. The van der Waals surface area contributed by atoms with Gasteiger partial charge in [0.1, 0.15) is 5.75 Å². The van der Waals surface area contributed by atoms with E-state index in [0.717, 1.165) is 5.56 Å². The van der Waals surface area contributed by atoms with E-state index in [9.17, 15) is 13.2 Å². The summed E-state index contributed by atoms with van der Waals surface area (Å²) in [6, 6.07) is 14.5. The molecular weight excluding hydrogens is 350 g/mol. The average molecular weight is 371 g/mol. The minimum absolute atomic E-state index is 0.0766. The molecular formula is C20H21NO4S. The van der Waals surface area contributed by atoms with Crippen LogP contribution in [0, 0.1) is 0 Å². The quantitative estimate of drug-likeness (QED) is 0.723. The first-order valence-electron chi connectivity index (χ1n) is 7.93. The van der Waals surface area contributed by atoms with Gasteiger partial charge in [-0.05, 0) is 36.8 Å². The highest BCUT2D eigenvalue weighted by Gasteiger charge is 2.22. The highest BCUT2D eigenvalue weighted by Crippen LogP contribution is 2.17. The molecule has 0 aliphatic carbocycles. The number of methoxy groups -OCH3 is 1. The number of carbonyl (C=O) groups excluding carboxylic acids is 1. The highest BCUT2D eigenvalue weighted by atomic mass is 32.2. The molecule has 2 aromatic carbocycles. The summed E-state index contributed by atoms with van der Waals surface area (Å²) in [5, 5.41) is 0. The zero-order valence-corrected chi connectivity index (χ0v) is 15.5. The van der Waals surface area contributed by atoms with Crippen molar-refractivity contribution in [3.63, 3.8) is 0 Å². The van der Waals surface area contributed by atoms with Crippen LogP contribution in [-0.4, -0.2) is 27.4 Å². The molecule has 0 saturated carbocycles. The number of hydrogen-bond acceptors (Lipinski definition) is 4. The lowest BCUT2D eigenvalue weighted by atomic mass is 10.0. The topological polar surface area (TPSA) is 72.5 Å². The molecule has 2 aromatic rings. The standard InChI is InChI=1S/C20H21NO4S/c1-15(16(2)22)20(14-9-17-7-5-4-6-8-17)21-26(23,24)19-12-10-18(25-3)11-13-19/h4-14,20-21H,1H2,2-3H3/b14-9+/t20-/m0/s1. The number of nitrogens with one attached hydrogen (secondary N) is 1. The lowest BCUT2D eigenvalue weighted by molar-refractivity contribution is -0.113. The third-order valence-electron chi connectivity index (χ3n) is 3.76. The lowest BCUT2D eigenvalue weighted by Crippen LogP contribution is -2.36. The summed E-state index contributed by atoms with van der Waals surface area (Å²) in [5.74, 6) is 0.266. The first kappa shape index (κ1) is 19.6. The number of ether oxygens (including phenoxy) is 1. The molecule has 0 spiro atoms. The number of Topliss-reactive ketones (excluding diaryl/α,β-unsaturated/α-hetero) is 1. The second-order valence-electron chi connectivity index (χ2n) is 5.63. The third kappa shape index (κ3) is 5.15. The van der Waals surface area contributed by atoms with Gasteiger partial charge in [-0.3, -0.25) is 4.79 Å². The number of benzene rings is 2. The largest absolute Gasteiger partial charge is 0.497 e. The Kier molecular flexibility index (Phi) is 6.49. The fraction of sp³-hybridized carbons (Fsp3) is 0.150. The molecule has 0 aromatic heterocycles. The van der Waals surface area contributed by atoms with Gasteiger partial charge in [-0.25, -0.2) is 8.42 Å². The summed E-state index contributed by atoms with van der Waals surface area (Å²) in [4.78, 5) is 11.8. The van der Waals surface area contributed by atoms with Gasteiger partial charge in [-0.1, -0.05) is 49.1 Å². The Labute approximate surface area is 154 Å². The molecule has 26 heavy (non-hydrogen) atoms. The van der Waals surface area contributed by atoms with Crippen molar-refractivity contribution in [2.45, 2.75) is 17.9 Å². The molecule has 1 atom stereocenters. The summed E-state index contributed by atoms with van der Waals surface area (Å²) in [5.41, 5.74) is 1.05. The molecule has 5 nitrogen and oxygen atoms in total. The van der Waals surface area contributed by atoms with E-state index in [1.54, 1.807) is 24.3 Å². The SMILES string of the molecule is C=C(C(C)=O)[C@H](/C=C/c1ccccc1)NS(=O)(=O)c1ccc(OC)cc1. The molecule has 0 aliphatic heterocycles. The van der Waals surface area contributed by atoms with Crippen LogP contribution in [0.3, 0.4) is 0 Å². The monoisotopic (exact) mass is 371 g/mol. The Morgan fingerprint density at radius 1 is 1.12 bits per heavy atom. The highest BCUT2D eigenvalue weighted by molar-refractivity contribution is 7.89. The number of hydrogen-bond donors (Lipinski definition) is 1. The van der Waals surface area contributed by atoms with E-state index in [-0.39, 0.29) is 16.3 Å². The van der Waals surface area contributed by atoms with E-state index in [0.29, 0.717) is 5.75 Å². The van der Waals surface area contributed by atoms with E-state index >= 15 is 0 Å². The fourth-order valence-corrected chi connectivity index (χ4v) is 3.39. The molecule has 2 rings (SSSR count). The van der Waals surface area contributed by atoms with Crippen molar-refractivity contribution >= 4 is 21.9 Å². The van der Waals surface area contributed by atoms with Gasteiger partial charge in [0.2, 0.25) is 10.0 Å². The smallest absolute Gasteiger partial charge is 0.241 e. The van der Waals surface area contributed by atoms with E-state index in [1.165, 1.54) is 26.2 Å². The second kappa shape index (κ2) is 8.60. The molecule has 0 fully saturated rings. The Bertz CT molecular complexity index is 901. The second-order valence-corrected chi connectivity index (χ2v) is 7.34. The molecule has 0 amide bonds. The van der Waals surface area contributed by atoms with Crippen LogP contribution >= 0.6 is 0 Å². The molecule has 0 unspecified atom stereocenters. The Morgan fingerprint density at radius 3 is 2.27 bits per heavy atom. The summed E-state index contributed by atoms with van der Waals surface area (Å²) >= 11 is 0. The van der Waals surface area contributed by atoms with Crippen LogP contribution in [0.25, 0.3) is 6.08 Å². The molecule has 1 N–H and O–H groups in total. The van der Waals surface area contributed by atoms with Crippen molar-refractivity contribution in [1.82, 2.24) is 4.72 Å². The minimum atomic E-state index is -3.84. The maximum absolute atomic E-state index is 12.6. The van der Waals surface area contributed by atoms with Crippen LogP contribution in [0.5, 0.6) is 5.75 Å². The third-order valence-corrected chi connectivity index (χ3v) is 5.22. The van der Waals surface area contributed by atoms with Crippen LogP contribution in [0.15, 0.2) is 77.7 Å². The fourth-order valence-electron chi connectivity index (χ4n) is 2.21. The summed E-state index contributed by atoms with van der Waals surface area (Å²) in [6.45, 7) is 5.08. The normalized spacial score (nSPS) is 12.7. The lowest BCUT2D eigenvalue weighted by Gasteiger charge is -2.16. The molecule has 0 heterocycles. The van der Waals surface area contributed by atoms with Gasteiger partial charge in [0.25, 0.3) is 0 Å². The molecule has 0 aliphatic rings. The van der Waals surface area contributed by atoms with E-state index in [2.05, 4.69) is 11.3 Å². The number of carbonyl (C=O) groups is 1. The van der Waals surface area contributed by atoms with Crippen LogP contribution in [0.4, 0.5) is 0 Å². The first-order valence-corrected chi connectivity index (χ1v) is 9.41. The van der Waals surface area contributed by atoms with Gasteiger partial charge in [0.15, 0.2) is 5.78 Å². The maximum Gasteiger partial charge on any atom is 0.241 e. The van der Waals surface area contributed by atoms with Crippen molar-refractivity contribution in [1.29, 1.82) is 0 Å². The van der Waals surface area contributed by atoms with Crippen molar-refractivity contribution in [2.75, 3.05) is 7.11 Å². The van der Waals surface area contributed by atoms with Gasteiger partial charge in [0, 0.05) is 5.57 Å². The van der Waals surface area contributed by atoms with Crippen molar-refractivity contribution in [3.8, 4) is 5.75 Å². The van der Waals surface area contributed by atoms with Crippen LogP contribution in [0.1, 0.15) is 12.5 Å². The molecule has 6 heteroatoms. The Morgan fingerprint density at radius 2 is 1.73 bits per heavy atom. The number of rotatable bonds is 8. The predicted octanol–water partition coefficient (Wildman–Crippen LogP) is 3.20. The number of ketones is 1. The molecule has 0 radical (unpaired) electrons.